The number of esters is 2. The van der Waals surface area contributed by atoms with E-state index in [9.17, 15) is 14.4 Å². The van der Waals surface area contributed by atoms with Gasteiger partial charge < -0.3 is 19.3 Å². The first-order valence-electron chi connectivity index (χ1n) is 8.97. The largest absolute Gasteiger partial charge is 0.461 e. The maximum absolute atomic E-state index is 12.9. The van der Waals surface area contributed by atoms with Crippen molar-refractivity contribution in [3.63, 3.8) is 0 Å². The van der Waals surface area contributed by atoms with Crippen LogP contribution in [0.4, 0.5) is 0 Å². The number of benzene rings is 1. The van der Waals surface area contributed by atoms with Crippen molar-refractivity contribution in [1.82, 2.24) is 4.90 Å². The van der Waals surface area contributed by atoms with E-state index >= 15 is 0 Å². The van der Waals surface area contributed by atoms with Gasteiger partial charge in [-0.2, -0.15) is 0 Å². The number of ether oxygens (including phenoxy) is 3. The van der Waals surface area contributed by atoms with Gasteiger partial charge >= 0.3 is 11.9 Å². The fraction of sp³-hybridized carbons (Fsp3) is 0.421. The molecule has 0 spiro atoms. The summed E-state index contributed by atoms with van der Waals surface area (Å²) >= 11 is 13.3. The lowest BCUT2D eigenvalue weighted by Gasteiger charge is -2.49. The van der Waals surface area contributed by atoms with E-state index in [-0.39, 0.29) is 32.1 Å². The molecule has 162 valence electrons. The fourth-order valence-electron chi connectivity index (χ4n) is 2.98. The smallest absolute Gasteiger partial charge is 0.355 e. The average Bonchev–Trinajstić information content (AvgIpc) is 2.72. The molecule has 8 nitrogen and oxygen atoms in total. The molecule has 3 rings (SSSR count). The summed E-state index contributed by atoms with van der Waals surface area (Å²) in [7, 11) is 0. The molecule has 0 unspecified atom stereocenters. The molecule has 1 fully saturated rings. The number of amides is 1. The topological polar surface area (TPSA) is 102 Å². The highest BCUT2D eigenvalue weighted by Crippen LogP contribution is 2.42. The SMILES string of the molecule is CC(=O)OCC1=C(C(=O)OCc2ccc(Cl)c(Cl)c2)N2C(=O)[C@H](OCCO)[C@H]2SC1. The van der Waals surface area contributed by atoms with Crippen molar-refractivity contribution in [3.05, 3.63) is 45.1 Å². The second kappa shape index (κ2) is 10.0. The van der Waals surface area contributed by atoms with E-state index in [4.69, 9.17) is 42.5 Å². The van der Waals surface area contributed by atoms with Crippen LogP contribution in [0.2, 0.25) is 10.0 Å². The lowest BCUT2D eigenvalue weighted by atomic mass is 10.1. The molecule has 1 aromatic carbocycles. The molecule has 2 aliphatic rings. The molecular formula is C19H19Cl2NO7S. The zero-order valence-electron chi connectivity index (χ0n) is 15.9. The normalized spacial score (nSPS) is 20.5. The highest BCUT2D eigenvalue weighted by atomic mass is 35.5. The molecule has 11 heteroatoms. The first-order chi connectivity index (χ1) is 14.3. The molecular weight excluding hydrogens is 457 g/mol. The number of fused-ring (bicyclic) bond motifs is 1. The van der Waals surface area contributed by atoms with Crippen molar-refractivity contribution in [1.29, 1.82) is 0 Å². The van der Waals surface area contributed by atoms with Crippen molar-refractivity contribution in [2.24, 2.45) is 0 Å². The number of carbonyl (C=O) groups is 3. The lowest BCUT2D eigenvalue weighted by Crippen LogP contribution is -2.66. The van der Waals surface area contributed by atoms with Gasteiger partial charge in [0.15, 0.2) is 6.10 Å². The molecule has 1 aromatic rings. The molecule has 0 aromatic heterocycles. The van der Waals surface area contributed by atoms with Crippen LogP contribution in [0, 0.1) is 0 Å². The Balaban J connectivity index is 1.78. The van der Waals surface area contributed by atoms with E-state index in [0.717, 1.165) is 0 Å². The molecule has 2 aliphatic heterocycles. The fourth-order valence-corrected chi connectivity index (χ4v) is 4.62. The number of thioether (sulfide) groups is 1. The van der Waals surface area contributed by atoms with Crippen molar-refractivity contribution in [2.45, 2.75) is 25.0 Å². The van der Waals surface area contributed by atoms with Crippen LogP contribution < -0.4 is 0 Å². The standard InChI is InChI=1S/C19H19Cl2NO7S/c1-10(24)28-8-12-9-30-18-16(27-5-4-23)17(25)22(18)15(12)19(26)29-7-11-2-3-13(20)14(21)6-11/h2-3,6,16,18,23H,4-5,7-9H2,1H3/t16-,18+/m0/s1. The van der Waals surface area contributed by atoms with Crippen molar-refractivity contribution < 1.29 is 33.7 Å². The van der Waals surface area contributed by atoms with Gasteiger partial charge in [0.1, 0.15) is 24.3 Å². The third kappa shape index (κ3) is 4.92. The molecule has 1 amide bonds. The average molecular weight is 476 g/mol. The first kappa shape index (κ1) is 22.9. The van der Waals surface area contributed by atoms with Crippen LogP contribution in [0.15, 0.2) is 29.5 Å². The molecule has 0 saturated carbocycles. The first-order valence-corrected chi connectivity index (χ1v) is 10.8. The maximum Gasteiger partial charge on any atom is 0.355 e. The van der Waals surface area contributed by atoms with Gasteiger partial charge in [-0.25, -0.2) is 4.79 Å². The van der Waals surface area contributed by atoms with E-state index < -0.39 is 29.3 Å². The molecule has 1 N–H and O–H groups in total. The number of aliphatic hydroxyl groups is 1. The summed E-state index contributed by atoms with van der Waals surface area (Å²) in [5.74, 6) is -1.28. The Morgan fingerprint density at radius 2 is 2.00 bits per heavy atom. The summed E-state index contributed by atoms with van der Waals surface area (Å²) in [6, 6.07) is 4.84. The van der Waals surface area contributed by atoms with E-state index in [0.29, 0.717) is 26.9 Å². The van der Waals surface area contributed by atoms with Gasteiger partial charge in [-0.1, -0.05) is 29.3 Å². The second-order valence-corrected chi connectivity index (χ2v) is 8.40. The predicted octanol–water partition coefficient (Wildman–Crippen LogP) is 2.15. The Bertz CT molecular complexity index is 892. The van der Waals surface area contributed by atoms with Crippen LogP contribution in [-0.2, 0) is 35.2 Å². The molecule has 2 atom stereocenters. The Labute approximate surface area is 187 Å². The highest BCUT2D eigenvalue weighted by Gasteiger charge is 2.54. The molecule has 2 heterocycles. The van der Waals surface area contributed by atoms with Gasteiger partial charge in [-0.3, -0.25) is 14.5 Å². The molecule has 0 bridgehead atoms. The van der Waals surface area contributed by atoms with Gasteiger partial charge in [-0.05, 0) is 17.7 Å². The molecule has 1 saturated heterocycles. The van der Waals surface area contributed by atoms with Gasteiger partial charge in [0.05, 0.1) is 23.3 Å². The number of rotatable bonds is 8. The minimum absolute atomic E-state index is 0.0163. The predicted molar refractivity (Wildman–Crippen MR) is 110 cm³/mol. The minimum atomic E-state index is -0.754. The maximum atomic E-state index is 12.9. The Hall–Kier alpha value is -1.78. The number of hydrogen-bond acceptors (Lipinski definition) is 8. The quantitative estimate of drug-likeness (QED) is 0.450. The van der Waals surface area contributed by atoms with Crippen molar-refractivity contribution >= 4 is 52.8 Å². The van der Waals surface area contributed by atoms with E-state index in [1.807, 2.05) is 0 Å². The summed E-state index contributed by atoms with van der Waals surface area (Å²) in [5.41, 5.74) is 1.15. The molecule has 0 radical (unpaired) electrons. The summed E-state index contributed by atoms with van der Waals surface area (Å²) in [6.45, 7) is 0.855. The lowest BCUT2D eigenvalue weighted by molar-refractivity contribution is -0.167. The number of hydrogen-bond donors (Lipinski definition) is 1. The summed E-state index contributed by atoms with van der Waals surface area (Å²) < 4.78 is 15.8. The van der Waals surface area contributed by atoms with E-state index in [1.54, 1.807) is 18.2 Å². The Morgan fingerprint density at radius 3 is 2.67 bits per heavy atom. The van der Waals surface area contributed by atoms with E-state index in [2.05, 4.69) is 0 Å². The van der Waals surface area contributed by atoms with Gasteiger partial charge in [-0.15, -0.1) is 11.8 Å². The summed E-state index contributed by atoms with van der Waals surface area (Å²) in [4.78, 5) is 38.0. The molecule has 0 aliphatic carbocycles. The molecule has 30 heavy (non-hydrogen) atoms. The number of β-lactam (4-membered cyclic amide) rings is 1. The van der Waals surface area contributed by atoms with Crippen LogP contribution in [0.25, 0.3) is 0 Å². The number of halogens is 2. The van der Waals surface area contributed by atoms with Gasteiger partial charge in [0.25, 0.3) is 5.91 Å². The zero-order chi connectivity index (χ0) is 21.8. The zero-order valence-corrected chi connectivity index (χ0v) is 18.3. The Kier molecular flexibility index (Phi) is 7.65. The Morgan fingerprint density at radius 1 is 1.23 bits per heavy atom. The monoisotopic (exact) mass is 475 g/mol. The highest BCUT2D eigenvalue weighted by molar-refractivity contribution is 8.00. The number of carbonyl (C=O) groups excluding carboxylic acids is 3. The van der Waals surface area contributed by atoms with Crippen LogP contribution in [0.5, 0.6) is 0 Å². The third-order valence-corrected chi connectivity index (χ3v) is 6.44. The van der Waals surface area contributed by atoms with Gasteiger partial charge in [0.2, 0.25) is 0 Å². The van der Waals surface area contributed by atoms with E-state index in [1.165, 1.54) is 23.6 Å². The number of aliphatic hydroxyl groups excluding tert-OH is 1. The van der Waals surface area contributed by atoms with Gasteiger partial charge in [0, 0.05) is 18.2 Å². The van der Waals surface area contributed by atoms with Crippen molar-refractivity contribution in [3.8, 4) is 0 Å². The van der Waals surface area contributed by atoms with Crippen LogP contribution in [0.1, 0.15) is 12.5 Å². The summed E-state index contributed by atoms with van der Waals surface area (Å²) in [6.07, 6.45) is -0.754. The van der Waals surface area contributed by atoms with Crippen LogP contribution in [0.3, 0.4) is 0 Å². The summed E-state index contributed by atoms with van der Waals surface area (Å²) in [5, 5.41) is 9.22. The third-order valence-electron chi connectivity index (χ3n) is 4.38. The van der Waals surface area contributed by atoms with Crippen LogP contribution >= 0.6 is 35.0 Å². The minimum Gasteiger partial charge on any atom is -0.461 e. The van der Waals surface area contributed by atoms with Crippen LogP contribution in [-0.4, -0.2) is 64.9 Å². The second-order valence-electron chi connectivity index (χ2n) is 6.48. The number of nitrogens with zero attached hydrogens (tertiary/aromatic N) is 1. The van der Waals surface area contributed by atoms with Crippen molar-refractivity contribution in [2.75, 3.05) is 25.6 Å².